The van der Waals surface area contributed by atoms with Crippen LogP contribution in [0.2, 0.25) is 0 Å². The molecule has 11 heteroatoms. The van der Waals surface area contributed by atoms with Gasteiger partial charge in [0.1, 0.15) is 17.2 Å². The molecule has 3 aliphatic carbocycles. The molecule has 0 spiro atoms. The molecule has 2 fully saturated rings. The van der Waals surface area contributed by atoms with Gasteiger partial charge in [0.25, 0.3) is 0 Å². The molecule has 8 rings (SSSR count). The van der Waals surface area contributed by atoms with Crippen LogP contribution < -0.4 is 19.5 Å². The van der Waals surface area contributed by atoms with Crippen molar-refractivity contribution in [1.29, 1.82) is 0 Å². The van der Waals surface area contributed by atoms with Crippen LogP contribution in [0.4, 0.5) is 0 Å². The number of hydrogen-bond acceptors (Lipinski definition) is 11. The van der Waals surface area contributed by atoms with E-state index in [-0.39, 0.29) is 49.8 Å². The normalized spacial score (nSPS) is 27.2. The van der Waals surface area contributed by atoms with Crippen molar-refractivity contribution in [2.45, 2.75) is 127 Å². The molecule has 5 aliphatic rings. The molecule has 2 heterocycles. The number of aliphatic hydroxyl groups excluding tert-OH is 3. The molecule has 0 amide bonds. The quantitative estimate of drug-likeness (QED) is 0.202. The first-order chi connectivity index (χ1) is 28.8. The molecule has 11 nitrogen and oxygen atoms in total. The third-order valence-corrected chi connectivity index (χ3v) is 12.8. The highest BCUT2D eigenvalue weighted by atomic mass is 16.5. The van der Waals surface area contributed by atoms with E-state index in [4.69, 9.17) is 23.7 Å². The predicted octanol–water partition coefficient (Wildman–Crippen LogP) is 4.79. The number of nitrogens with one attached hydrogen (secondary N) is 1. The average molecular weight is 818 g/mol. The van der Waals surface area contributed by atoms with Crippen LogP contribution >= 0.6 is 0 Å². The van der Waals surface area contributed by atoms with Gasteiger partial charge in [-0.15, -0.1) is 0 Å². The minimum absolute atomic E-state index is 0.0611. The zero-order chi connectivity index (χ0) is 41.9. The molecule has 0 unspecified atom stereocenters. The summed E-state index contributed by atoms with van der Waals surface area (Å²) in [5, 5.41) is 32.5. The molecule has 0 bridgehead atoms. The third-order valence-electron chi connectivity index (χ3n) is 12.8. The second kappa shape index (κ2) is 22.0. The Morgan fingerprint density at radius 3 is 1.41 bits per heavy atom. The van der Waals surface area contributed by atoms with E-state index in [0.29, 0.717) is 18.5 Å². The fourth-order valence-corrected chi connectivity index (χ4v) is 10.00. The van der Waals surface area contributed by atoms with Crippen molar-refractivity contribution in [3.8, 4) is 17.2 Å². The Labute approximate surface area is 352 Å². The summed E-state index contributed by atoms with van der Waals surface area (Å²) in [4.78, 5) is 4.99. The zero-order valence-electron chi connectivity index (χ0n) is 36.4. The van der Waals surface area contributed by atoms with E-state index in [1.807, 2.05) is 24.3 Å². The first kappa shape index (κ1) is 45.3. The Hall–Kier alpha value is -3.26. The number of ether oxygens (including phenoxy) is 5. The van der Waals surface area contributed by atoms with Gasteiger partial charge in [-0.05, 0) is 110 Å². The maximum absolute atomic E-state index is 10.1. The molecule has 4 N–H and O–H groups in total. The number of benzene rings is 3. The van der Waals surface area contributed by atoms with E-state index < -0.39 is 0 Å². The summed E-state index contributed by atoms with van der Waals surface area (Å²) in [5.41, 5.74) is 7.76. The minimum Gasteiger partial charge on any atom is -0.496 e. The monoisotopic (exact) mass is 818 g/mol. The van der Waals surface area contributed by atoms with E-state index in [1.165, 1.54) is 27.8 Å². The lowest BCUT2D eigenvalue weighted by Gasteiger charge is -2.47. The van der Waals surface area contributed by atoms with Crippen molar-refractivity contribution in [1.82, 2.24) is 15.1 Å². The summed E-state index contributed by atoms with van der Waals surface area (Å²) in [5.74, 6) is 2.82. The standard InChI is InChI=1S/2C17H25NO3.C14H21NO2/c2*1-3-7-18-10-13(11-19)21-17-9-14-12(8-15(17)18)5-4-6-16(14)20-2;1-3-7-15-12-8-10-5-4-6-14(17-2)11(10)9-13(12)16/h2*4-6,13,15,17,19H,3,7-11H2,1-2H3;4-6,12-13,15-16H,3,7-9H2,1-2H3/t13-,15+,17+;13-,15-,17-;12-,13-/m011/s1. The first-order valence-corrected chi connectivity index (χ1v) is 22.2. The predicted molar refractivity (Wildman–Crippen MR) is 232 cm³/mol. The van der Waals surface area contributed by atoms with Crippen LogP contribution in [0.5, 0.6) is 17.2 Å². The fraction of sp³-hybridized carbons (Fsp3) is 0.625. The van der Waals surface area contributed by atoms with Gasteiger partial charge in [-0.3, -0.25) is 9.80 Å². The Morgan fingerprint density at radius 2 is 1.02 bits per heavy atom. The Kier molecular flexibility index (Phi) is 16.9. The summed E-state index contributed by atoms with van der Waals surface area (Å²) < 4.78 is 28.6. The van der Waals surface area contributed by atoms with E-state index in [0.717, 1.165) is 107 Å². The molecular weight excluding hydrogens is 747 g/mol. The van der Waals surface area contributed by atoms with Crippen LogP contribution in [-0.4, -0.2) is 141 Å². The third kappa shape index (κ3) is 10.8. The first-order valence-electron chi connectivity index (χ1n) is 22.2. The summed E-state index contributed by atoms with van der Waals surface area (Å²) in [7, 11) is 5.14. The van der Waals surface area contributed by atoms with Crippen LogP contribution in [0.1, 0.15) is 73.4 Å². The lowest BCUT2D eigenvalue weighted by Crippen LogP contribution is -2.58. The number of morpholine rings is 2. The van der Waals surface area contributed by atoms with Gasteiger partial charge < -0.3 is 44.3 Å². The van der Waals surface area contributed by atoms with Crippen LogP contribution in [0.25, 0.3) is 0 Å². The summed E-state index contributed by atoms with van der Waals surface area (Å²) in [6.45, 7) is 11.5. The van der Waals surface area contributed by atoms with Crippen molar-refractivity contribution in [2.75, 3.05) is 67.3 Å². The van der Waals surface area contributed by atoms with Gasteiger partial charge in [-0.1, -0.05) is 57.2 Å². The van der Waals surface area contributed by atoms with Crippen LogP contribution in [0, 0.1) is 0 Å². The molecule has 326 valence electrons. The van der Waals surface area contributed by atoms with Gasteiger partial charge in [0.15, 0.2) is 0 Å². The zero-order valence-corrected chi connectivity index (χ0v) is 36.4. The lowest BCUT2D eigenvalue weighted by molar-refractivity contribution is -0.135. The molecule has 8 atom stereocenters. The second-order valence-corrected chi connectivity index (χ2v) is 16.7. The molecule has 0 aromatic heterocycles. The Bertz CT molecular complexity index is 1670. The Morgan fingerprint density at radius 1 is 0.593 bits per heavy atom. The Balaban J connectivity index is 0.000000150. The SMILES string of the molecule is CCCN1C[C@@H](CO)O[C@@H]2Cc3c(cccc3OC)C[C@H]21.CCCN1C[C@H](CO)O[C@@H]2Cc3c(cccc3OC)C[C@H]21.CCCN[C@@H]1Cc2cccc(OC)c2C[C@H]1O. The smallest absolute Gasteiger partial charge is 0.122 e. The van der Waals surface area contributed by atoms with Crippen molar-refractivity contribution in [3.63, 3.8) is 0 Å². The van der Waals surface area contributed by atoms with E-state index in [2.05, 4.69) is 66.2 Å². The molecule has 2 saturated heterocycles. The fourth-order valence-electron chi connectivity index (χ4n) is 10.00. The molecule has 2 aliphatic heterocycles. The van der Waals surface area contributed by atoms with Crippen molar-refractivity contribution in [3.05, 3.63) is 88.0 Å². The van der Waals surface area contributed by atoms with Crippen LogP contribution in [0.3, 0.4) is 0 Å². The van der Waals surface area contributed by atoms with E-state index in [1.54, 1.807) is 21.3 Å². The average Bonchev–Trinajstić information content (AvgIpc) is 3.26. The summed E-state index contributed by atoms with van der Waals surface area (Å²) >= 11 is 0. The van der Waals surface area contributed by atoms with Gasteiger partial charge in [-0.2, -0.15) is 0 Å². The van der Waals surface area contributed by atoms with Crippen LogP contribution in [-0.2, 0) is 48.0 Å². The number of rotatable bonds is 12. The van der Waals surface area contributed by atoms with Gasteiger partial charge in [0.05, 0.1) is 65.1 Å². The van der Waals surface area contributed by atoms with Crippen molar-refractivity contribution in [2.24, 2.45) is 0 Å². The van der Waals surface area contributed by atoms with Gasteiger partial charge in [0, 0.05) is 50.5 Å². The van der Waals surface area contributed by atoms with E-state index >= 15 is 0 Å². The number of methoxy groups -OCH3 is 3. The summed E-state index contributed by atoms with van der Waals surface area (Å²) in [6.07, 6.45) is 8.57. The number of nitrogens with zero attached hydrogens (tertiary/aromatic N) is 2. The highest BCUT2D eigenvalue weighted by Crippen LogP contribution is 2.37. The lowest BCUT2D eigenvalue weighted by atomic mass is 9.83. The molecule has 3 aromatic rings. The maximum atomic E-state index is 10.1. The summed E-state index contributed by atoms with van der Waals surface area (Å²) in [6, 6.07) is 19.7. The topological polar surface area (TPSA) is 125 Å². The molecule has 59 heavy (non-hydrogen) atoms. The van der Waals surface area contributed by atoms with Gasteiger partial charge in [-0.25, -0.2) is 0 Å². The minimum atomic E-state index is -0.314. The molecular formula is C48H71N3O8. The molecule has 0 radical (unpaired) electrons. The van der Waals surface area contributed by atoms with E-state index in [9.17, 15) is 15.3 Å². The second-order valence-electron chi connectivity index (χ2n) is 16.7. The largest absolute Gasteiger partial charge is 0.496 e. The van der Waals surface area contributed by atoms with Gasteiger partial charge in [0.2, 0.25) is 0 Å². The van der Waals surface area contributed by atoms with Crippen LogP contribution in [0.15, 0.2) is 54.6 Å². The van der Waals surface area contributed by atoms with Crippen molar-refractivity contribution < 1.29 is 39.0 Å². The van der Waals surface area contributed by atoms with Crippen molar-refractivity contribution >= 4 is 0 Å². The number of aliphatic hydroxyl groups is 3. The highest BCUT2D eigenvalue weighted by Gasteiger charge is 2.41. The highest BCUT2D eigenvalue weighted by molar-refractivity contribution is 5.45. The number of fused-ring (bicyclic) bond motifs is 5. The molecule has 0 saturated carbocycles. The molecule has 3 aromatic carbocycles. The number of hydrogen-bond donors (Lipinski definition) is 4. The van der Waals surface area contributed by atoms with Gasteiger partial charge >= 0.3 is 0 Å². The maximum Gasteiger partial charge on any atom is 0.122 e.